The van der Waals surface area contributed by atoms with E-state index in [-0.39, 0.29) is 4.90 Å². The number of carbonyl (C=O) groups is 2. The molecule has 10 heteroatoms. The van der Waals surface area contributed by atoms with Crippen LogP contribution in [-0.4, -0.2) is 45.3 Å². The number of nitrogens with zero attached hydrogens (tertiary/aromatic N) is 1. The van der Waals surface area contributed by atoms with Crippen LogP contribution >= 0.6 is 11.3 Å². The van der Waals surface area contributed by atoms with Gasteiger partial charge in [0.05, 0.1) is 24.1 Å². The molecule has 0 fully saturated rings. The fourth-order valence-electron chi connectivity index (χ4n) is 3.39. The molecule has 0 radical (unpaired) electrons. The highest BCUT2D eigenvalue weighted by atomic mass is 32.2. The number of nitrogens with one attached hydrogen (secondary N) is 1. The first kappa shape index (κ1) is 22.4. The molecule has 1 aliphatic carbocycles. The number of aryl methyl sites for hydroxylation is 1. The van der Waals surface area contributed by atoms with Crippen LogP contribution < -0.4 is 5.32 Å². The molecule has 0 bridgehead atoms. The summed E-state index contributed by atoms with van der Waals surface area (Å²) in [4.78, 5) is 25.9. The molecule has 0 spiro atoms. The van der Waals surface area contributed by atoms with Crippen LogP contribution in [0.5, 0.6) is 0 Å². The van der Waals surface area contributed by atoms with Gasteiger partial charge >= 0.3 is 5.97 Å². The predicted molar refractivity (Wildman–Crippen MR) is 112 cm³/mol. The quantitative estimate of drug-likeness (QED) is 0.535. The first-order valence-electron chi connectivity index (χ1n) is 9.48. The Morgan fingerprint density at radius 3 is 2.50 bits per heavy atom. The summed E-state index contributed by atoms with van der Waals surface area (Å²) < 4.78 is 44.1. The lowest BCUT2D eigenvalue weighted by molar-refractivity contribution is -0.116. The SMILES string of the molecule is COC(=O)c1c(NC(=O)CN(C)S(=O)(=O)c2ccc(F)cc2)sc2c1CCCCC2. The van der Waals surface area contributed by atoms with Crippen molar-refractivity contribution in [3.05, 3.63) is 46.1 Å². The number of hydrogen-bond acceptors (Lipinski definition) is 6. The monoisotopic (exact) mass is 454 g/mol. The van der Waals surface area contributed by atoms with Crippen molar-refractivity contribution in [1.29, 1.82) is 0 Å². The number of rotatable bonds is 6. The summed E-state index contributed by atoms with van der Waals surface area (Å²) in [6, 6.07) is 4.37. The second-order valence-electron chi connectivity index (χ2n) is 7.02. The number of sulfonamides is 1. The minimum absolute atomic E-state index is 0.114. The Kier molecular flexibility index (Phi) is 6.89. The topological polar surface area (TPSA) is 92.8 Å². The third-order valence-corrected chi connectivity index (χ3v) is 7.98. The Morgan fingerprint density at radius 1 is 1.17 bits per heavy atom. The molecule has 30 heavy (non-hydrogen) atoms. The maximum absolute atomic E-state index is 13.1. The van der Waals surface area contributed by atoms with Crippen LogP contribution in [0.3, 0.4) is 0 Å². The molecule has 1 aromatic heterocycles. The number of ether oxygens (including phenoxy) is 1. The van der Waals surface area contributed by atoms with E-state index in [1.54, 1.807) is 0 Å². The van der Waals surface area contributed by atoms with E-state index in [1.165, 1.54) is 25.5 Å². The molecule has 0 saturated carbocycles. The van der Waals surface area contributed by atoms with E-state index in [2.05, 4.69) is 5.32 Å². The lowest BCUT2D eigenvalue weighted by atomic mass is 10.1. The van der Waals surface area contributed by atoms with Crippen LogP contribution in [0.4, 0.5) is 9.39 Å². The van der Waals surface area contributed by atoms with Crippen molar-refractivity contribution in [2.24, 2.45) is 0 Å². The number of hydrogen-bond donors (Lipinski definition) is 1. The fraction of sp³-hybridized carbons (Fsp3) is 0.400. The van der Waals surface area contributed by atoms with Crippen LogP contribution in [0, 0.1) is 5.82 Å². The summed E-state index contributed by atoms with van der Waals surface area (Å²) in [6.45, 7) is -0.455. The maximum Gasteiger partial charge on any atom is 0.341 e. The van der Waals surface area contributed by atoms with Crippen LogP contribution in [0.15, 0.2) is 29.2 Å². The van der Waals surface area contributed by atoms with Crippen molar-refractivity contribution >= 4 is 38.2 Å². The molecule has 0 saturated heterocycles. The fourth-order valence-corrected chi connectivity index (χ4v) is 5.81. The lowest BCUT2D eigenvalue weighted by Crippen LogP contribution is -2.35. The third kappa shape index (κ3) is 4.71. The summed E-state index contributed by atoms with van der Waals surface area (Å²) >= 11 is 1.34. The van der Waals surface area contributed by atoms with Gasteiger partial charge in [-0.1, -0.05) is 6.42 Å². The number of fused-ring (bicyclic) bond motifs is 1. The molecule has 1 N–H and O–H groups in total. The number of likely N-dealkylation sites (N-methyl/N-ethyl adjacent to an activating group) is 1. The van der Waals surface area contributed by atoms with Crippen LogP contribution in [0.2, 0.25) is 0 Å². The predicted octanol–water partition coefficient (Wildman–Crippen LogP) is 3.20. The molecule has 1 amide bonds. The van der Waals surface area contributed by atoms with E-state index in [9.17, 15) is 22.4 Å². The number of esters is 1. The molecule has 0 unspecified atom stereocenters. The van der Waals surface area contributed by atoms with Gasteiger partial charge in [-0.25, -0.2) is 17.6 Å². The smallest absolute Gasteiger partial charge is 0.341 e. The standard InChI is InChI=1S/C20H23FN2O5S2/c1-23(30(26,27)14-10-8-13(21)9-11-14)12-17(24)22-19-18(20(25)28-2)15-6-4-3-5-7-16(15)29-19/h8-11H,3-7,12H2,1-2H3,(H,22,24). The summed E-state index contributed by atoms with van der Waals surface area (Å²) in [5.41, 5.74) is 1.27. The van der Waals surface area contributed by atoms with Gasteiger partial charge in [0.15, 0.2) is 0 Å². The molecule has 1 aliphatic rings. The number of carbonyl (C=O) groups excluding carboxylic acids is 2. The number of anilines is 1. The van der Waals surface area contributed by atoms with Gasteiger partial charge in [-0.15, -0.1) is 11.3 Å². The van der Waals surface area contributed by atoms with E-state index in [0.29, 0.717) is 10.6 Å². The zero-order valence-electron chi connectivity index (χ0n) is 16.7. The highest BCUT2D eigenvalue weighted by Crippen LogP contribution is 2.38. The number of methoxy groups -OCH3 is 1. The number of amides is 1. The normalized spacial score (nSPS) is 14.1. The molecule has 162 valence electrons. The molecule has 7 nitrogen and oxygen atoms in total. The molecule has 0 atom stereocenters. The third-order valence-electron chi connectivity index (χ3n) is 4.95. The Morgan fingerprint density at radius 2 is 1.83 bits per heavy atom. The minimum Gasteiger partial charge on any atom is -0.465 e. The molecular formula is C20H23FN2O5S2. The van der Waals surface area contributed by atoms with Crippen molar-refractivity contribution in [2.45, 2.75) is 37.0 Å². The van der Waals surface area contributed by atoms with Crippen molar-refractivity contribution in [1.82, 2.24) is 4.31 Å². The first-order valence-corrected chi connectivity index (χ1v) is 11.7. The summed E-state index contributed by atoms with van der Waals surface area (Å²) in [5, 5.41) is 3.06. The van der Waals surface area contributed by atoms with Gasteiger partial charge in [-0.3, -0.25) is 4.79 Å². The first-order chi connectivity index (χ1) is 14.2. The van der Waals surface area contributed by atoms with E-state index in [0.717, 1.165) is 71.1 Å². The van der Waals surface area contributed by atoms with Crippen molar-refractivity contribution in [3.8, 4) is 0 Å². The second-order valence-corrected chi connectivity index (χ2v) is 10.2. The summed E-state index contributed by atoms with van der Waals surface area (Å²) in [7, 11) is -1.41. The van der Waals surface area contributed by atoms with Gasteiger partial charge in [-0.2, -0.15) is 4.31 Å². The van der Waals surface area contributed by atoms with Gasteiger partial charge in [0.1, 0.15) is 10.8 Å². The summed E-state index contributed by atoms with van der Waals surface area (Å²) in [5.74, 6) is -1.65. The number of thiophene rings is 1. The highest BCUT2D eigenvalue weighted by molar-refractivity contribution is 7.89. The van der Waals surface area contributed by atoms with Gasteiger partial charge in [0, 0.05) is 11.9 Å². The Hall–Kier alpha value is -2.30. The Balaban J connectivity index is 1.79. The van der Waals surface area contributed by atoms with Gasteiger partial charge < -0.3 is 10.1 Å². The van der Waals surface area contributed by atoms with E-state index in [1.807, 2.05) is 0 Å². The van der Waals surface area contributed by atoms with Crippen LogP contribution in [0.1, 0.15) is 40.1 Å². The zero-order chi connectivity index (χ0) is 21.9. The molecular weight excluding hydrogens is 431 g/mol. The average molecular weight is 455 g/mol. The molecule has 2 aromatic rings. The van der Waals surface area contributed by atoms with E-state index in [4.69, 9.17) is 4.74 Å². The summed E-state index contributed by atoms with van der Waals surface area (Å²) in [6.07, 6.45) is 4.62. The molecule has 1 aromatic carbocycles. The number of halogens is 1. The minimum atomic E-state index is -3.96. The van der Waals surface area contributed by atoms with Crippen molar-refractivity contribution in [2.75, 3.05) is 26.0 Å². The lowest BCUT2D eigenvalue weighted by Gasteiger charge is -2.17. The van der Waals surface area contributed by atoms with Crippen LogP contribution in [0.25, 0.3) is 0 Å². The average Bonchev–Trinajstić information content (AvgIpc) is 2.88. The van der Waals surface area contributed by atoms with E-state index < -0.39 is 34.3 Å². The second kappa shape index (κ2) is 9.23. The van der Waals surface area contributed by atoms with Gasteiger partial charge in [0.25, 0.3) is 0 Å². The van der Waals surface area contributed by atoms with Gasteiger partial charge in [-0.05, 0) is 55.5 Å². The molecule has 1 heterocycles. The molecule has 0 aliphatic heterocycles. The van der Waals surface area contributed by atoms with Crippen molar-refractivity contribution in [3.63, 3.8) is 0 Å². The molecule has 3 rings (SSSR count). The highest BCUT2D eigenvalue weighted by Gasteiger charge is 2.28. The van der Waals surface area contributed by atoms with Crippen molar-refractivity contribution < 1.29 is 27.1 Å². The largest absolute Gasteiger partial charge is 0.465 e. The zero-order valence-corrected chi connectivity index (χ0v) is 18.4. The Labute approximate surface area is 178 Å². The van der Waals surface area contributed by atoms with Gasteiger partial charge in [0.2, 0.25) is 15.9 Å². The maximum atomic E-state index is 13.1. The van der Waals surface area contributed by atoms with E-state index >= 15 is 0 Å². The number of benzene rings is 1. The Bertz CT molecular complexity index is 1050. The van der Waals surface area contributed by atoms with Crippen LogP contribution in [-0.2, 0) is 32.4 Å².